The molecule has 0 unspecified atom stereocenters. The topological polar surface area (TPSA) is 80.0 Å². The van der Waals surface area contributed by atoms with Crippen molar-refractivity contribution in [1.29, 1.82) is 0 Å². The molecule has 1 aromatic rings. The van der Waals surface area contributed by atoms with Crippen LogP contribution in [0.15, 0.2) is 29.3 Å². The third-order valence-corrected chi connectivity index (χ3v) is 4.25. The van der Waals surface area contributed by atoms with Crippen molar-refractivity contribution in [2.24, 2.45) is 10.7 Å². The van der Waals surface area contributed by atoms with Gasteiger partial charge < -0.3 is 20.7 Å². The highest BCUT2D eigenvalue weighted by molar-refractivity contribution is 5.94. The Morgan fingerprint density at radius 1 is 1.24 bits per heavy atom. The summed E-state index contributed by atoms with van der Waals surface area (Å²) in [5.41, 5.74) is 7.63. The lowest BCUT2D eigenvalue weighted by molar-refractivity contribution is 0.0724. The fourth-order valence-corrected chi connectivity index (χ4v) is 2.80. The summed E-state index contributed by atoms with van der Waals surface area (Å²) in [6.45, 7) is 6.44. The minimum atomic E-state index is 0.130. The van der Waals surface area contributed by atoms with Gasteiger partial charge in [0.15, 0.2) is 5.96 Å². The molecular formula is C19H30N4O2. The molecule has 25 heavy (non-hydrogen) atoms. The Hall–Kier alpha value is -2.08. The minimum Gasteiger partial charge on any atom is -0.382 e. The number of nitrogens with one attached hydrogen (secondary N) is 1. The normalized spacial score (nSPS) is 15.2. The van der Waals surface area contributed by atoms with E-state index in [9.17, 15) is 4.79 Å². The van der Waals surface area contributed by atoms with Gasteiger partial charge in [-0.05, 0) is 50.3 Å². The zero-order chi connectivity index (χ0) is 17.9. The highest BCUT2D eigenvalue weighted by Crippen LogP contribution is 2.14. The quantitative estimate of drug-likeness (QED) is 0.429. The molecule has 6 nitrogen and oxygen atoms in total. The van der Waals surface area contributed by atoms with Crippen molar-refractivity contribution >= 4 is 11.9 Å². The standard InChI is InChI=1S/C19H30N4O2/c1-2-25-14-6-11-21-19(20)22-15-16-7-9-17(10-8-16)18(24)23-12-4-3-5-13-23/h7-10H,2-6,11-15H2,1H3,(H3,20,21,22). The predicted octanol–water partition coefficient (Wildman–Crippen LogP) is 2.14. The van der Waals surface area contributed by atoms with E-state index in [1.165, 1.54) is 6.42 Å². The first kappa shape index (κ1) is 19.2. The van der Waals surface area contributed by atoms with Gasteiger partial charge in [0.1, 0.15) is 0 Å². The number of hydrogen-bond acceptors (Lipinski definition) is 3. The number of hydrogen-bond donors (Lipinski definition) is 2. The van der Waals surface area contributed by atoms with Crippen molar-refractivity contribution < 1.29 is 9.53 Å². The van der Waals surface area contributed by atoms with Crippen LogP contribution in [-0.4, -0.2) is 49.6 Å². The van der Waals surface area contributed by atoms with Crippen LogP contribution in [0.2, 0.25) is 0 Å². The number of aliphatic imine (C=N–C) groups is 1. The minimum absolute atomic E-state index is 0.130. The van der Waals surface area contributed by atoms with E-state index in [4.69, 9.17) is 10.5 Å². The first-order valence-corrected chi connectivity index (χ1v) is 9.20. The van der Waals surface area contributed by atoms with Crippen LogP contribution < -0.4 is 11.1 Å². The number of likely N-dealkylation sites (tertiary alicyclic amines) is 1. The van der Waals surface area contributed by atoms with Gasteiger partial charge in [0, 0.05) is 38.4 Å². The lowest BCUT2D eigenvalue weighted by Crippen LogP contribution is -2.35. The summed E-state index contributed by atoms with van der Waals surface area (Å²) < 4.78 is 5.27. The maximum Gasteiger partial charge on any atom is 0.253 e. The van der Waals surface area contributed by atoms with Gasteiger partial charge >= 0.3 is 0 Å². The largest absolute Gasteiger partial charge is 0.382 e. The molecule has 1 saturated heterocycles. The Bertz CT molecular complexity index is 551. The van der Waals surface area contributed by atoms with Gasteiger partial charge in [0.25, 0.3) is 5.91 Å². The number of carbonyl (C=O) groups excluding carboxylic acids is 1. The lowest BCUT2D eigenvalue weighted by atomic mass is 10.1. The Labute approximate surface area is 150 Å². The van der Waals surface area contributed by atoms with Crippen LogP contribution in [0.5, 0.6) is 0 Å². The van der Waals surface area contributed by atoms with Gasteiger partial charge in [-0.3, -0.25) is 4.79 Å². The molecule has 0 spiro atoms. The summed E-state index contributed by atoms with van der Waals surface area (Å²) in [4.78, 5) is 18.7. The third-order valence-electron chi connectivity index (χ3n) is 4.25. The molecule has 1 heterocycles. The van der Waals surface area contributed by atoms with E-state index in [1.807, 2.05) is 36.1 Å². The molecule has 1 aliphatic heterocycles. The predicted molar refractivity (Wildman–Crippen MR) is 101 cm³/mol. The molecule has 0 atom stereocenters. The molecule has 2 rings (SSSR count). The molecule has 0 bridgehead atoms. The van der Waals surface area contributed by atoms with Crippen molar-refractivity contribution in [3.05, 3.63) is 35.4 Å². The van der Waals surface area contributed by atoms with Crippen molar-refractivity contribution in [2.45, 2.75) is 39.2 Å². The SMILES string of the molecule is CCOCCCNC(N)=NCc1ccc(C(=O)N2CCCCC2)cc1. The Morgan fingerprint density at radius 2 is 1.96 bits per heavy atom. The monoisotopic (exact) mass is 346 g/mol. The van der Waals surface area contributed by atoms with Crippen LogP contribution in [0, 0.1) is 0 Å². The number of rotatable bonds is 8. The van der Waals surface area contributed by atoms with Gasteiger partial charge in [-0.1, -0.05) is 12.1 Å². The zero-order valence-corrected chi connectivity index (χ0v) is 15.2. The highest BCUT2D eigenvalue weighted by atomic mass is 16.5. The molecule has 0 radical (unpaired) electrons. The van der Waals surface area contributed by atoms with E-state index >= 15 is 0 Å². The van der Waals surface area contributed by atoms with Crippen molar-refractivity contribution in [1.82, 2.24) is 10.2 Å². The van der Waals surface area contributed by atoms with Crippen molar-refractivity contribution in [2.75, 3.05) is 32.8 Å². The summed E-state index contributed by atoms with van der Waals surface area (Å²) in [5.74, 6) is 0.565. The van der Waals surface area contributed by atoms with Gasteiger partial charge in [-0.2, -0.15) is 0 Å². The lowest BCUT2D eigenvalue weighted by Gasteiger charge is -2.26. The first-order valence-electron chi connectivity index (χ1n) is 9.20. The van der Waals surface area contributed by atoms with Gasteiger partial charge in [0.05, 0.1) is 6.54 Å². The van der Waals surface area contributed by atoms with Gasteiger partial charge in [0.2, 0.25) is 0 Å². The van der Waals surface area contributed by atoms with Crippen LogP contribution >= 0.6 is 0 Å². The van der Waals surface area contributed by atoms with Crippen molar-refractivity contribution in [3.8, 4) is 0 Å². The molecule has 1 amide bonds. The second-order valence-electron chi connectivity index (χ2n) is 6.23. The van der Waals surface area contributed by atoms with E-state index < -0.39 is 0 Å². The number of amides is 1. The molecule has 6 heteroatoms. The smallest absolute Gasteiger partial charge is 0.253 e. The number of nitrogens with two attached hydrogens (primary N) is 1. The third kappa shape index (κ3) is 6.74. The summed E-state index contributed by atoms with van der Waals surface area (Å²) >= 11 is 0. The fourth-order valence-electron chi connectivity index (χ4n) is 2.80. The molecule has 138 valence electrons. The second kappa shape index (κ2) is 10.7. The average molecular weight is 346 g/mol. The van der Waals surface area contributed by atoms with Crippen LogP contribution in [0.1, 0.15) is 48.5 Å². The number of guanidine groups is 1. The summed E-state index contributed by atoms with van der Waals surface area (Å²) in [7, 11) is 0. The molecule has 1 aliphatic rings. The first-order chi connectivity index (χ1) is 12.2. The highest BCUT2D eigenvalue weighted by Gasteiger charge is 2.17. The van der Waals surface area contributed by atoms with Gasteiger partial charge in [-0.15, -0.1) is 0 Å². The number of nitrogens with zero attached hydrogens (tertiary/aromatic N) is 2. The van der Waals surface area contributed by atoms with E-state index in [0.29, 0.717) is 12.5 Å². The molecule has 0 saturated carbocycles. The number of benzene rings is 1. The van der Waals surface area contributed by atoms with E-state index in [1.54, 1.807) is 0 Å². The number of piperidine rings is 1. The Kier molecular flexibility index (Phi) is 8.25. The van der Waals surface area contributed by atoms with E-state index in [0.717, 1.165) is 63.2 Å². The molecule has 1 fully saturated rings. The maximum atomic E-state index is 12.4. The molecule has 3 N–H and O–H groups in total. The zero-order valence-electron chi connectivity index (χ0n) is 15.2. The van der Waals surface area contributed by atoms with Crippen LogP contribution in [0.25, 0.3) is 0 Å². The number of carbonyl (C=O) groups is 1. The second-order valence-corrected chi connectivity index (χ2v) is 6.23. The van der Waals surface area contributed by atoms with Crippen LogP contribution in [-0.2, 0) is 11.3 Å². The van der Waals surface area contributed by atoms with E-state index in [2.05, 4.69) is 10.3 Å². The number of ether oxygens (including phenoxy) is 1. The summed E-state index contributed by atoms with van der Waals surface area (Å²) in [5, 5.41) is 3.07. The summed E-state index contributed by atoms with van der Waals surface area (Å²) in [6.07, 6.45) is 4.34. The van der Waals surface area contributed by atoms with E-state index in [-0.39, 0.29) is 5.91 Å². The average Bonchev–Trinajstić information content (AvgIpc) is 2.67. The fraction of sp³-hybridized carbons (Fsp3) is 0.579. The Balaban J connectivity index is 1.77. The summed E-state index contributed by atoms with van der Waals surface area (Å²) in [6, 6.07) is 7.66. The van der Waals surface area contributed by atoms with Crippen LogP contribution in [0.3, 0.4) is 0 Å². The van der Waals surface area contributed by atoms with Gasteiger partial charge in [-0.25, -0.2) is 4.99 Å². The molecule has 0 aliphatic carbocycles. The van der Waals surface area contributed by atoms with Crippen LogP contribution in [0.4, 0.5) is 0 Å². The molecule has 0 aromatic heterocycles. The van der Waals surface area contributed by atoms with Crippen molar-refractivity contribution in [3.63, 3.8) is 0 Å². The molecule has 1 aromatic carbocycles. The maximum absolute atomic E-state index is 12.4. The Morgan fingerprint density at radius 3 is 2.64 bits per heavy atom. The molecular weight excluding hydrogens is 316 g/mol.